The quantitative estimate of drug-likeness (QED) is 0.634. The van der Waals surface area contributed by atoms with E-state index in [4.69, 9.17) is 33.2 Å². The Balaban J connectivity index is 1.67. The maximum atomic E-state index is 12.4. The zero-order valence-corrected chi connectivity index (χ0v) is 16.1. The molecule has 1 heterocycles. The molecule has 0 aliphatic heterocycles. The second kappa shape index (κ2) is 8.26. The van der Waals surface area contributed by atoms with Gasteiger partial charge in [-0.25, -0.2) is 4.79 Å². The van der Waals surface area contributed by atoms with Crippen molar-refractivity contribution >= 4 is 51.7 Å². The van der Waals surface area contributed by atoms with Crippen LogP contribution < -0.4 is 5.32 Å². The predicted octanol–water partition coefficient (Wildman–Crippen LogP) is 4.52. The van der Waals surface area contributed by atoms with Gasteiger partial charge in [0.1, 0.15) is 6.07 Å². The van der Waals surface area contributed by atoms with Gasteiger partial charge in [0.15, 0.2) is 6.61 Å². The molecule has 0 radical (unpaired) electrons. The molecule has 0 unspecified atom stereocenters. The van der Waals surface area contributed by atoms with Gasteiger partial charge < -0.3 is 10.1 Å². The van der Waals surface area contributed by atoms with Gasteiger partial charge in [0.05, 0.1) is 27.4 Å². The average Bonchev–Trinajstić information content (AvgIpc) is 2.66. The molecule has 0 spiro atoms. The lowest BCUT2D eigenvalue weighted by atomic mass is 10.1. The number of nitrogens with one attached hydrogen (secondary N) is 1. The second-order valence-corrected chi connectivity index (χ2v) is 6.73. The summed E-state index contributed by atoms with van der Waals surface area (Å²) < 4.78 is 5.09. The largest absolute Gasteiger partial charge is 0.452 e. The van der Waals surface area contributed by atoms with E-state index in [1.54, 1.807) is 31.2 Å². The number of nitriles is 1. The van der Waals surface area contributed by atoms with Crippen LogP contribution in [0.25, 0.3) is 10.9 Å². The van der Waals surface area contributed by atoms with Crippen LogP contribution in [-0.2, 0) is 9.53 Å². The molecule has 1 aromatic heterocycles. The van der Waals surface area contributed by atoms with Crippen molar-refractivity contribution in [2.75, 3.05) is 11.9 Å². The SMILES string of the molecule is Cc1nc2ccc(Cl)cc2cc1C(=O)OCC(=O)Nc1ccc(C#N)c(Cl)c1. The van der Waals surface area contributed by atoms with Crippen LogP contribution in [0.1, 0.15) is 21.6 Å². The zero-order chi connectivity index (χ0) is 20.3. The van der Waals surface area contributed by atoms with Crippen LogP contribution in [0.3, 0.4) is 0 Å². The van der Waals surface area contributed by atoms with Crippen LogP contribution in [-0.4, -0.2) is 23.5 Å². The number of rotatable bonds is 4. The van der Waals surface area contributed by atoms with E-state index in [0.29, 0.717) is 32.9 Å². The van der Waals surface area contributed by atoms with E-state index in [1.165, 1.54) is 18.2 Å². The number of pyridine rings is 1. The summed E-state index contributed by atoms with van der Waals surface area (Å²) in [5, 5.41) is 12.8. The van der Waals surface area contributed by atoms with Crippen molar-refractivity contribution in [2.24, 2.45) is 0 Å². The first kappa shape index (κ1) is 19.6. The van der Waals surface area contributed by atoms with Gasteiger partial charge in [-0.2, -0.15) is 5.26 Å². The highest BCUT2D eigenvalue weighted by atomic mass is 35.5. The molecule has 0 aliphatic rings. The van der Waals surface area contributed by atoms with Gasteiger partial charge in [-0.05, 0) is 49.4 Å². The molecule has 1 amide bonds. The van der Waals surface area contributed by atoms with Gasteiger partial charge >= 0.3 is 5.97 Å². The molecule has 0 fully saturated rings. The van der Waals surface area contributed by atoms with E-state index in [1.807, 2.05) is 6.07 Å². The Morgan fingerprint density at radius 2 is 1.96 bits per heavy atom. The minimum absolute atomic E-state index is 0.216. The fourth-order valence-corrected chi connectivity index (χ4v) is 2.94. The van der Waals surface area contributed by atoms with Gasteiger partial charge in [-0.1, -0.05) is 23.2 Å². The highest BCUT2D eigenvalue weighted by Gasteiger charge is 2.15. The summed E-state index contributed by atoms with van der Waals surface area (Å²) in [4.78, 5) is 28.7. The number of hydrogen-bond acceptors (Lipinski definition) is 5. The monoisotopic (exact) mass is 413 g/mol. The molecule has 28 heavy (non-hydrogen) atoms. The van der Waals surface area contributed by atoms with Crippen LogP contribution in [0.5, 0.6) is 0 Å². The van der Waals surface area contributed by atoms with Crippen LogP contribution in [0.4, 0.5) is 5.69 Å². The highest BCUT2D eigenvalue weighted by molar-refractivity contribution is 6.32. The summed E-state index contributed by atoms with van der Waals surface area (Å²) in [5.41, 5.74) is 2.13. The Morgan fingerprint density at radius 1 is 1.18 bits per heavy atom. The van der Waals surface area contributed by atoms with Crippen LogP contribution in [0, 0.1) is 18.3 Å². The van der Waals surface area contributed by atoms with E-state index in [9.17, 15) is 9.59 Å². The van der Waals surface area contributed by atoms with Crippen molar-refractivity contribution in [1.82, 2.24) is 4.98 Å². The summed E-state index contributed by atoms with van der Waals surface area (Å²) in [6.45, 7) is 1.20. The van der Waals surface area contributed by atoms with Crippen molar-refractivity contribution in [1.29, 1.82) is 5.26 Å². The maximum absolute atomic E-state index is 12.4. The number of esters is 1. The summed E-state index contributed by atoms with van der Waals surface area (Å²) in [6, 6.07) is 13.2. The van der Waals surface area contributed by atoms with Crippen molar-refractivity contribution in [3.8, 4) is 6.07 Å². The number of nitrogens with zero attached hydrogens (tertiary/aromatic N) is 2. The van der Waals surface area contributed by atoms with Crippen LogP contribution in [0.2, 0.25) is 10.0 Å². The minimum Gasteiger partial charge on any atom is -0.452 e. The van der Waals surface area contributed by atoms with Crippen LogP contribution >= 0.6 is 23.2 Å². The number of aryl methyl sites for hydroxylation is 1. The Morgan fingerprint density at radius 3 is 2.68 bits per heavy atom. The van der Waals surface area contributed by atoms with E-state index in [-0.39, 0.29) is 10.6 Å². The lowest BCUT2D eigenvalue weighted by Crippen LogP contribution is -2.21. The minimum atomic E-state index is -0.667. The van der Waals surface area contributed by atoms with Crippen molar-refractivity contribution in [3.05, 3.63) is 69.3 Å². The van der Waals surface area contributed by atoms with Gasteiger partial charge in [0.2, 0.25) is 0 Å². The molecule has 6 nitrogen and oxygen atoms in total. The molecule has 0 aliphatic carbocycles. The zero-order valence-electron chi connectivity index (χ0n) is 14.6. The number of fused-ring (bicyclic) bond motifs is 1. The predicted molar refractivity (Wildman–Crippen MR) is 107 cm³/mol. The van der Waals surface area contributed by atoms with Gasteiger partial charge in [-0.15, -0.1) is 0 Å². The Labute approximate surface area is 170 Å². The molecule has 3 rings (SSSR count). The molecule has 0 bridgehead atoms. The first-order chi connectivity index (χ1) is 13.4. The number of benzene rings is 2. The van der Waals surface area contributed by atoms with Gasteiger partial charge in [0, 0.05) is 16.1 Å². The second-order valence-electron chi connectivity index (χ2n) is 5.89. The van der Waals surface area contributed by atoms with Crippen molar-refractivity contribution in [3.63, 3.8) is 0 Å². The third-order valence-electron chi connectivity index (χ3n) is 3.89. The molecule has 0 saturated heterocycles. The molecule has 3 aromatic rings. The average molecular weight is 414 g/mol. The molecule has 1 N–H and O–H groups in total. The summed E-state index contributed by atoms with van der Waals surface area (Å²) in [5.74, 6) is -1.21. The smallest absolute Gasteiger partial charge is 0.340 e. The topological polar surface area (TPSA) is 92.1 Å². The number of ether oxygens (including phenoxy) is 1. The van der Waals surface area contributed by atoms with Gasteiger partial charge in [-0.3, -0.25) is 9.78 Å². The van der Waals surface area contributed by atoms with E-state index in [0.717, 1.165) is 0 Å². The summed E-state index contributed by atoms with van der Waals surface area (Å²) in [7, 11) is 0. The first-order valence-electron chi connectivity index (χ1n) is 8.11. The lowest BCUT2D eigenvalue weighted by Gasteiger charge is -2.09. The number of anilines is 1. The molecular formula is C20H13Cl2N3O3. The number of halogens is 2. The number of hydrogen-bond donors (Lipinski definition) is 1. The third kappa shape index (κ3) is 4.39. The fourth-order valence-electron chi connectivity index (χ4n) is 2.54. The van der Waals surface area contributed by atoms with Crippen molar-refractivity contribution < 1.29 is 14.3 Å². The van der Waals surface area contributed by atoms with E-state index < -0.39 is 18.5 Å². The summed E-state index contributed by atoms with van der Waals surface area (Å²) >= 11 is 11.9. The Kier molecular flexibility index (Phi) is 5.78. The maximum Gasteiger partial charge on any atom is 0.340 e. The highest BCUT2D eigenvalue weighted by Crippen LogP contribution is 2.22. The Bertz CT molecular complexity index is 1140. The molecule has 140 valence electrons. The number of carbonyl (C=O) groups excluding carboxylic acids is 2. The lowest BCUT2D eigenvalue weighted by molar-refractivity contribution is -0.119. The first-order valence-corrected chi connectivity index (χ1v) is 8.86. The van der Waals surface area contributed by atoms with E-state index >= 15 is 0 Å². The third-order valence-corrected chi connectivity index (χ3v) is 4.44. The van der Waals surface area contributed by atoms with Crippen LogP contribution in [0.15, 0.2) is 42.5 Å². The molecule has 0 saturated carbocycles. The number of amides is 1. The van der Waals surface area contributed by atoms with Gasteiger partial charge in [0.25, 0.3) is 5.91 Å². The molecule has 0 atom stereocenters. The molecular weight excluding hydrogens is 401 g/mol. The Hall–Kier alpha value is -3.14. The molecule has 2 aromatic carbocycles. The fraction of sp³-hybridized carbons (Fsp3) is 0.100. The van der Waals surface area contributed by atoms with Crippen molar-refractivity contribution in [2.45, 2.75) is 6.92 Å². The standard InChI is InChI=1S/C20H13Cl2N3O3/c1-11-16(7-13-6-14(21)3-5-18(13)24-11)20(27)28-10-19(26)25-15-4-2-12(9-23)17(22)8-15/h2-8H,10H2,1H3,(H,25,26). The normalized spacial score (nSPS) is 10.4. The molecule has 8 heteroatoms. The number of aromatic nitrogens is 1. The summed E-state index contributed by atoms with van der Waals surface area (Å²) in [6.07, 6.45) is 0. The number of carbonyl (C=O) groups is 2. The van der Waals surface area contributed by atoms with E-state index in [2.05, 4.69) is 10.3 Å².